The minimum absolute atomic E-state index is 0.0438. The third-order valence-electron chi connectivity index (χ3n) is 4.99. The number of tetrazole rings is 1. The standard InChI is InChI=1S/C18H22N8O/c1-14-21-22-23-26(14)13-17(27)24-9-2-3-16(12-24)18-20-8-10-25(18)11-15-4-6-19-7-5-15/h4-8,10,16H,2-3,9,11-13H2,1H3/t16-/m1/s1. The van der Waals surface area contributed by atoms with E-state index in [4.69, 9.17) is 0 Å². The molecule has 0 spiro atoms. The fourth-order valence-electron chi connectivity index (χ4n) is 3.54. The number of hydrogen-bond donors (Lipinski definition) is 0. The molecule has 9 heteroatoms. The quantitative estimate of drug-likeness (QED) is 0.669. The summed E-state index contributed by atoms with van der Waals surface area (Å²) in [5.41, 5.74) is 1.18. The Morgan fingerprint density at radius 2 is 2.11 bits per heavy atom. The van der Waals surface area contributed by atoms with Crippen molar-refractivity contribution in [1.29, 1.82) is 0 Å². The molecule has 3 aromatic rings. The van der Waals surface area contributed by atoms with Gasteiger partial charge in [-0.15, -0.1) is 5.10 Å². The minimum atomic E-state index is 0.0438. The smallest absolute Gasteiger partial charge is 0.244 e. The van der Waals surface area contributed by atoms with Gasteiger partial charge in [0.2, 0.25) is 5.91 Å². The Morgan fingerprint density at radius 1 is 1.26 bits per heavy atom. The van der Waals surface area contributed by atoms with Crippen molar-refractivity contribution in [2.24, 2.45) is 0 Å². The van der Waals surface area contributed by atoms with E-state index in [1.165, 1.54) is 10.2 Å². The zero-order valence-corrected chi connectivity index (χ0v) is 15.3. The summed E-state index contributed by atoms with van der Waals surface area (Å²) in [4.78, 5) is 23.2. The third kappa shape index (κ3) is 3.86. The molecule has 0 unspecified atom stereocenters. The Hall–Kier alpha value is -3.10. The van der Waals surface area contributed by atoms with Crippen molar-refractivity contribution < 1.29 is 4.79 Å². The van der Waals surface area contributed by atoms with Crippen LogP contribution >= 0.6 is 0 Å². The molecule has 1 atom stereocenters. The van der Waals surface area contributed by atoms with Gasteiger partial charge in [0, 0.05) is 50.3 Å². The Balaban J connectivity index is 1.45. The van der Waals surface area contributed by atoms with Crippen LogP contribution in [0.3, 0.4) is 0 Å². The van der Waals surface area contributed by atoms with E-state index >= 15 is 0 Å². The van der Waals surface area contributed by atoms with Crippen molar-refractivity contribution in [2.75, 3.05) is 13.1 Å². The molecule has 9 nitrogen and oxygen atoms in total. The summed E-state index contributed by atoms with van der Waals surface area (Å²) in [6, 6.07) is 4.02. The highest BCUT2D eigenvalue weighted by molar-refractivity contribution is 5.76. The first-order valence-electron chi connectivity index (χ1n) is 9.11. The molecule has 1 amide bonds. The van der Waals surface area contributed by atoms with Crippen molar-refractivity contribution in [3.05, 3.63) is 54.1 Å². The van der Waals surface area contributed by atoms with Crippen LogP contribution in [0.15, 0.2) is 36.9 Å². The molecular weight excluding hydrogens is 344 g/mol. The summed E-state index contributed by atoms with van der Waals surface area (Å²) < 4.78 is 3.70. The van der Waals surface area contributed by atoms with Gasteiger partial charge in [0.15, 0.2) is 0 Å². The van der Waals surface area contributed by atoms with Crippen molar-refractivity contribution in [2.45, 2.75) is 38.8 Å². The maximum absolute atomic E-state index is 12.7. The van der Waals surface area contributed by atoms with Gasteiger partial charge in [0.25, 0.3) is 0 Å². The zero-order valence-electron chi connectivity index (χ0n) is 15.3. The molecule has 1 fully saturated rings. The van der Waals surface area contributed by atoms with Crippen molar-refractivity contribution >= 4 is 5.91 Å². The molecule has 27 heavy (non-hydrogen) atoms. The number of carbonyl (C=O) groups excluding carboxylic acids is 1. The molecule has 0 radical (unpaired) electrons. The second-order valence-corrected chi connectivity index (χ2v) is 6.83. The Kier molecular flexibility index (Phi) is 4.91. The minimum Gasteiger partial charge on any atom is -0.340 e. The zero-order chi connectivity index (χ0) is 18.6. The lowest BCUT2D eigenvalue weighted by Crippen LogP contribution is -2.41. The normalized spacial score (nSPS) is 17.2. The molecule has 1 aliphatic rings. The largest absolute Gasteiger partial charge is 0.340 e. The number of aryl methyl sites for hydroxylation is 1. The van der Waals surface area contributed by atoms with Crippen LogP contribution in [0.25, 0.3) is 0 Å². The average Bonchev–Trinajstić information content (AvgIpc) is 3.32. The van der Waals surface area contributed by atoms with E-state index in [2.05, 4.69) is 30.1 Å². The number of likely N-dealkylation sites (tertiary alicyclic amines) is 1. The maximum atomic E-state index is 12.7. The van der Waals surface area contributed by atoms with Gasteiger partial charge in [-0.1, -0.05) is 0 Å². The predicted octanol–water partition coefficient (Wildman–Crippen LogP) is 1.03. The SMILES string of the molecule is Cc1nnnn1CC(=O)N1CCC[C@@H](c2nccn2Cc2ccncc2)C1. The van der Waals surface area contributed by atoms with E-state index in [9.17, 15) is 4.79 Å². The molecule has 1 saturated heterocycles. The molecule has 4 heterocycles. The number of nitrogens with zero attached hydrogens (tertiary/aromatic N) is 8. The van der Waals surface area contributed by atoms with Crippen LogP contribution in [0, 0.1) is 6.92 Å². The van der Waals surface area contributed by atoms with Gasteiger partial charge < -0.3 is 9.47 Å². The number of carbonyl (C=O) groups is 1. The van der Waals surface area contributed by atoms with Gasteiger partial charge in [0.05, 0.1) is 0 Å². The van der Waals surface area contributed by atoms with E-state index < -0.39 is 0 Å². The molecule has 1 aliphatic heterocycles. The summed E-state index contributed by atoms with van der Waals surface area (Å²) in [6.07, 6.45) is 9.43. The fourth-order valence-corrected chi connectivity index (χ4v) is 3.54. The maximum Gasteiger partial charge on any atom is 0.244 e. The van der Waals surface area contributed by atoms with Gasteiger partial charge in [-0.3, -0.25) is 9.78 Å². The number of rotatable bonds is 5. The van der Waals surface area contributed by atoms with Crippen LogP contribution < -0.4 is 0 Å². The summed E-state index contributed by atoms with van der Waals surface area (Å²) >= 11 is 0. The molecule has 0 saturated carbocycles. The molecule has 4 rings (SSSR count). The molecular formula is C18H22N8O. The topological polar surface area (TPSA) is 94.6 Å². The highest BCUT2D eigenvalue weighted by atomic mass is 16.2. The number of piperidine rings is 1. The van der Waals surface area contributed by atoms with Crippen LogP contribution in [-0.4, -0.2) is 58.6 Å². The Bertz CT molecular complexity index is 903. The van der Waals surface area contributed by atoms with Gasteiger partial charge >= 0.3 is 0 Å². The lowest BCUT2D eigenvalue weighted by molar-refractivity contribution is -0.133. The molecule has 0 N–H and O–H groups in total. The highest BCUT2D eigenvalue weighted by Crippen LogP contribution is 2.26. The average molecular weight is 366 g/mol. The van der Waals surface area contributed by atoms with Gasteiger partial charge in [0.1, 0.15) is 18.2 Å². The lowest BCUT2D eigenvalue weighted by Gasteiger charge is -2.32. The van der Waals surface area contributed by atoms with Crippen LogP contribution in [0.2, 0.25) is 0 Å². The predicted molar refractivity (Wildman–Crippen MR) is 96.7 cm³/mol. The second-order valence-electron chi connectivity index (χ2n) is 6.83. The Morgan fingerprint density at radius 3 is 2.89 bits per heavy atom. The highest BCUT2D eigenvalue weighted by Gasteiger charge is 2.28. The first-order chi connectivity index (χ1) is 13.2. The van der Waals surface area contributed by atoms with Crippen LogP contribution in [-0.2, 0) is 17.9 Å². The van der Waals surface area contributed by atoms with Gasteiger partial charge in [-0.2, -0.15) is 0 Å². The summed E-state index contributed by atoms with van der Waals surface area (Å²) in [6.45, 7) is 4.17. The van der Waals surface area contributed by atoms with Gasteiger partial charge in [-0.05, 0) is 47.9 Å². The summed E-state index contributed by atoms with van der Waals surface area (Å²) in [5.74, 6) is 1.95. The van der Waals surface area contributed by atoms with Crippen LogP contribution in [0.1, 0.15) is 36.0 Å². The molecule has 3 aromatic heterocycles. The fraction of sp³-hybridized carbons (Fsp3) is 0.444. The van der Waals surface area contributed by atoms with E-state index in [0.717, 1.165) is 31.8 Å². The summed E-state index contributed by atoms with van der Waals surface area (Å²) in [7, 11) is 0. The molecule has 0 aromatic carbocycles. The number of amides is 1. The van der Waals surface area contributed by atoms with Crippen molar-refractivity contribution in [1.82, 2.24) is 39.6 Å². The number of aromatic nitrogens is 7. The second kappa shape index (κ2) is 7.65. The Labute approximate surface area is 157 Å². The van der Waals surface area contributed by atoms with E-state index in [-0.39, 0.29) is 18.4 Å². The van der Waals surface area contributed by atoms with Crippen LogP contribution in [0.5, 0.6) is 0 Å². The van der Waals surface area contributed by atoms with Crippen molar-refractivity contribution in [3.8, 4) is 0 Å². The van der Waals surface area contributed by atoms with Gasteiger partial charge in [-0.25, -0.2) is 9.67 Å². The molecule has 0 aliphatic carbocycles. The molecule has 0 bridgehead atoms. The number of pyridine rings is 1. The number of imidazole rings is 1. The van der Waals surface area contributed by atoms with Crippen molar-refractivity contribution in [3.63, 3.8) is 0 Å². The third-order valence-corrected chi connectivity index (χ3v) is 4.99. The van der Waals surface area contributed by atoms with Crippen LogP contribution in [0.4, 0.5) is 0 Å². The first kappa shape index (κ1) is 17.3. The van der Waals surface area contributed by atoms with E-state index in [1.54, 1.807) is 19.3 Å². The lowest BCUT2D eigenvalue weighted by atomic mass is 9.97. The monoisotopic (exact) mass is 366 g/mol. The van der Waals surface area contributed by atoms with E-state index in [1.807, 2.05) is 29.4 Å². The van der Waals surface area contributed by atoms with E-state index in [0.29, 0.717) is 12.4 Å². The summed E-state index contributed by atoms with van der Waals surface area (Å²) in [5, 5.41) is 11.3. The number of hydrogen-bond acceptors (Lipinski definition) is 6. The first-order valence-corrected chi connectivity index (χ1v) is 9.11. The molecule has 140 valence electrons.